The molecule has 1 heterocycles. The highest BCUT2D eigenvalue weighted by Gasteiger charge is 2.12. The van der Waals surface area contributed by atoms with Crippen molar-refractivity contribution in [1.29, 1.82) is 0 Å². The molecule has 5 nitrogen and oxygen atoms in total. The van der Waals surface area contributed by atoms with Crippen molar-refractivity contribution in [3.05, 3.63) is 76.9 Å². The molecular formula is C26H27N3O2. The largest absolute Gasteiger partial charge is 0.449 e. The molecule has 0 bridgehead atoms. The number of anilines is 2. The van der Waals surface area contributed by atoms with Gasteiger partial charge in [-0.05, 0) is 73.9 Å². The van der Waals surface area contributed by atoms with Crippen molar-refractivity contribution >= 4 is 39.3 Å². The van der Waals surface area contributed by atoms with E-state index in [0.717, 1.165) is 38.7 Å². The molecule has 0 saturated heterocycles. The zero-order valence-corrected chi connectivity index (χ0v) is 18.4. The summed E-state index contributed by atoms with van der Waals surface area (Å²) in [5.41, 5.74) is 8.77. The lowest BCUT2D eigenvalue weighted by atomic mass is 10.0. The number of carbonyl (C=O) groups is 1. The number of benzene rings is 3. The average Bonchev–Trinajstić information content (AvgIpc) is 2.75. The lowest BCUT2D eigenvalue weighted by Gasteiger charge is -2.16. The van der Waals surface area contributed by atoms with E-state index in [1.165, 1.54) is 16.7 Å². The number of pyridine rings is 1. The quantitative estimate of drug-likeness (QED) is 0.397. The lowest BCUT2D eigenvalue weighted by Crippen LogP contribution is -2.20. The molecule has 0 radical (unpaired) electrons. The van der Waals surface area contributed by atoms with Crippen molar-refractivity contribution in [2.24, 2.45) is 0 Å². The molecule has 0 atom stereocenters. The van der Waals surface area contributed by atoms with Crippen molar-refractivity contribution in [3.63, 3.8) is 0 Å². The van der Waals surface area contributed by atoms with E-state index in [0.29, 0.717) is 13.0 Å². The summed E-state index contributed by atoms with van der Waals surface area (Å²) in [4.78, 5) is 16.2. The van der Waals surface area contributed by atoms with E-state index in [4.69, 9.17) is 9.72 Å². The molecule has 0 aliphatic heterocycles. The number of fused-ring (bicyclic) bond motifs is 2. The van der Waals surface area contributed by atoms with E-state index in [-0.39, 0.29) is 0 Å². The molecule has 2 N–H and O–H groups in total. The topological polar surface area (TPSA) is 63.2 Å². The second-order valence-corrected chi connectivity index (χ2v) is 7.92. The van der Waals surface area contributed by atoms with Crippen LogP contribution >= 0.6 is 0 Å². The van der Waals surface area contributed by atoms with Crippen LogP contribution in [0.15, 0.2) is 54.6 Å². The van der Waals surface area contributed by atoms with Crippen molar-refractivity contribution in [3.8, 4) is 0 Å². The molecule has 3 aromatic carbocycles. The van der Waals surface area contributed by atoms with Crippen LogP contribution in [0.4, 0.5) is 16.2 Å². The summed E-state index contributed by atoms with van der Waals surface area (Å²) in [6.07, 6.45) is 0.239. The maximum absolute atomic E-state index is 11.3. The van der Waals surface area contributed by atoms with Crippen molar-refractivity contribution in [2.75, 3.05) is 19.0 Å². The summed E-state index contributed by atoms with van der Waals surface area (Å²) in [5, 5.41) is 8.32. The van der Waals surface area contributed by atoms with Crippen LogP contribution in [0.1, 0.15) is 22.3 Å². The minimum absolute atomic E-state index is 0.335. The summed E-state index contributed by atoms with van der Waals surface area (Å²) in [5.74, 6) is 0. The summed E-state index contributed by atoms with van der Waals surface area (Å²) in [6.45, 7) is 6.68. The molecule has 0 aliphatic carbocycles. The Balaban J connectivity index is 1.75. The maximum atomic E-state index is 11.3. The lowest BCUT2D eigenvalue weighted by molar-refractivity contribution is 0.150. The molecule has 31 heavy (non-hydrogen) atoms. The summed E-state index contributed by atoms with van der Waals surface area (Å²) < 4.78 is 5.13. The Labute approximate surface area is 182 Å². The first-order chi connectivity index (χ1) is 14.9. The molecule has 5 heteroatoms. The third-order valence-electron chi connectivity index (χ3n) is 5.57. The number of rotatable bonds is 5. The predicted molar refractivity (Wildman–Crippen MR) is 127 cm³/mol. The third-order valence-corrected chi connectivity index (χ3v) is 5.57. The number of aromatic nitrogens is 1. The number of nitrogens with one attached hydrogen (secondary N) is 2. The van der Waals surface area contributed by atoms with Crippen LogP contribution in [0.25, 0.3) is 21.8 Å². The highest BCUT2D eigenvalue weighted by atomic mass is 16.5. The highest BCUT2D eigenvalue weighted by Crippen LogP contribution is 2.35. The van der Waals surface area contributed by atoms with E-state index >= 15 is 0 Å². The molecular weight excluding hydrogens is 386 g/mol. The standard InChI is InChI=1S/C26H27N3O2/c1-16-8-9-23-21(12-16)25(22-13-17(2)18(3)14-24(22)29-23)28-20-7-5-6-19(15-20)10-11-31-26(30)27-4/h5-9,12-15H,10-11H2,1-4H3,(H,27,30)(H,28,29). The van der Waals surface area contributed by atoms with Crippen molar-refractivity contribution < 1.29 is 9.53 Å². The predicted octanol–water partition coefficient (Wildman–Crippen LogP) is 5.96. The molecule has 158 valence electrons. The van der Waals surface area contributed by atoms with Crippen molar-refractivity contribution in [2.45, 2.75) is 27.2 Å². The van der Waals surface area contributed by atoms with E-state index in [2.05, 4.69) is 73.9 Å². The fourth-order valence-electron chi connectivity index (χ4n) is 3.73. The van der Waals surface area contributed by atoms with Crippen LogP contribution in [0, 0.1) is 20.8 Å². The minimum Gasteiger partial charge on any atom is -0.449 e. The second-order valence-electron chi connectivity index (χ2n) is 7.92. The zero-order valence-electron chi connectivity index (χ0n) is 18.4. The van der Waals surface area contributed by atoms with E-state index < -0.39 is 6.09 Å². The molecule has 4 aromatic rings. The number of alkyl carbamates (subject to hydrolysis) is 1. The van der Waals surface area contributed by atoms with Gasteiger partial charge in [-0.25, -0.2) is 9.78 Å². The molecule has 4 rings (SSSR count). The van der Waals surface area contributed by atoms with Crippen LogP contribution in [-0.4, -0.2) is 24.7 Å². The van der Waals surface area contributed by atoms with Crippen LogP contribution in [0.3, 0.4) is 0 Å². The highest BCUT2D eigenvalue weighted by molar-refractivity contribution is 6.09. The first-order valence-electron chi connectivity index (χ1n) is 10.5. The van der Waals surface area contributed by atoms with Gasteiger partial charge in [0.1, 0.15) is 0 Å². The normalized spacial score (nSPS) is 11.0. The number of amides is 1. The second kappa shape index (κ2) is 8.64. The molecule has 0 saturated carbocycles. The number of nitrogens with zero attached hydrogens (tertiary/aromatic N) is 1. The smallest absolute Gasteiger partial charge is 0.406 e. The first kappa shape index (κ1) is 20.7. The Bertz CT molecular complexity index is 1280. The third kappa shape index (κ3) is 4.45. The van der Waals surface area contributed by atoms with Crippen molar-refractivity contribution in [1.82, 2.24) is 10.3 Å². The van der Waals surface area contributed by atoms with Gasteiger partial charge in [-0.2, -0.15) is 0 Å². The van der Waals surface area contributed by atoms with Gasteiger partial charge in [0, 0.05) is 29.9 Å². The van der Waals surface area contributed by atoms with Gasteiger partial charge < -0.3 is 15.4 Å². The Hall–Kier alpha value is -3.60. The van der Waals surface area contributed by atoms with E-state index in [9.17, 15) is 4.79 Å². The molecule has 0 unspecified atom stereocenters. The SMILES string of the molecule is CNC(=O)OCCc1cccc(Nc2c3cc(C)ccc3nc3cc(C)c(C)cc23)c1. The van der Waals surface area contributed by atoms with E-state index in [1.807, 2.05) is 12.1 Å². The fourth-order valence-corrected chi connectivity index (χ4v) is 3.73. The number of carbonyl (C=O) groups excluding carboxylic acids is 1. The van der Waals surface area contributed by atoms with Gasteiger partial charge in [0.25, 0.3) is 0 Å². The van der Waals surface area contributed by atoms with Gasteiger partial charge in [0.05, 0.1) is 23.3 Å². The first-order valence-corrected chi connectivity index (χ1v) is 10.5. The van der Waals surface area contributed by atoms with Gasteiger partial charge in [-0.15, -0.1) is 0 Å². The number of hydrogen-bond acceptors (Lipinski definition) is 4. The fraction of sp³-hybridized carbons (Fsp3) is 0.231. The van der Waals surface area contributed by atoms with Gasteiger partial charge in [0.15, 0.2) is 0 Å². The van der Waals surface area contributed by atoms with Gasteiger partial charge >= 0.3 is 6.09 Å². The molecule has 1 aromatic heterocycles. The Morgan fingerprint density at radius 3 is 2.52 bits per heavy atom. The van der Waals surface area contributed by atoms with Crippen LogP contribution in [0.2, 0.25) is 0 Å². The summed E-state index contributed by atoms with van der Waals surface area (Å²) in [6, 6.07) is 18.9. The zero-order chi connectivity index (χ0) is 22.0. The maximum Gasteiger partial charge on any atom is 0.406 e. The summed E-state index contributed by atoms with van der Waals surface area (Å²) >= 11 is 0. The molecule has 0 aliphatic rings. The summed E-state index contributed by atoms with van der Waals surface area (Å²) in [7, 11) is 1.56. The average molecular weight is 414 g/mol. The van der Waals surface area contributed by atoms with Gasteiger partial charge in [0.2, 0.25) is 0 Å². The molecule has 0 fully saturated rings. The Kier molecular flexibility index (Phi) is 5.76. The van der Waals surface area contributed by atoms with Gasteiger partial charge in [-0.3, -0.25) is 0 Å². The monoisotopic (exact) mass is 413 g/mol. The van der Waals surface area contributed by atoms with Crippen LogP contribution in [-0.2, 0) is 11.2 Å². The Morgan fingerprint density at radius 2 is 1.71 bits per heavy atom. The van der Waals surface area contributed by atoms with E-state index in [1.54, 1.807) is 7.05 Å². The minimum atomic E-state index is -0.412. The molecule has 0 spiro atoms. The number of ether oxygens (including phenoxy) is 1. The van der Waals surface area contributed by atoms with Gasteiger partial charge in [-0.1, -0.05) is 23.8 Å². The molecule has 1 amide bonds. The Morgan fingerprint density at radius 1 is 0.935 bits per heavy atom. The van der Waals surface area contributed by atoms with Crippen LogP contribution in [0.5, 0.6) is 0 Å². The number of hydrogen-bond donors (Lipinski definition) is 2. The number of aryl methyl sites for hydroxylation is 3. The van der Waals surface area contributed by atoms with Crippen LogP contribution < -0.4 is 10.6 Å².